The fourth-order valence-corrected chi connectivity index (χ4v) is 5.68. The molecule has 4 rings (SSSR count). The molecule has 3 heterocycles. The van der Waals surface area contributed by atoms with E-state index in [4.69, 9.17) is 9.84 Å². The maximum absolute atomic E-state index is 12.3. The van der Waals surface area contributed by atoms with Crippen molar-refractivity contribution in [2.75, 3.05) is 0 Å². The number of rotatable bonds is 5. The topological polar surface area (TPSA) is 88.8 Å². The summed E-state index contributed by atoms with van der Waals surface area (Å²) < 4.78 is 8.22. The van der Waals surface area contributed by atoms with Crippen LogP contribution < -0.4 is 0 Å². The van der Waals surface area contributed by atoms with Gasteiger partial charge in [0, 0.05) is 35.7 Å². The zero-order valence-corrected chi connectivity index (χ0v) is 16.1. The highest BCUT2D eigenvalue weighted by molar-refractivity contribution is 5.77. The van der Waals surface area contributed by atoms with Crippen LogP contribution in [0.5, 0.6) is 0 Å². The van der Waals surface area contributed by atoms with Gasteiger partial charge in [0.15, 0.2) is 6.10 Å². The lowest BCUT2D eigenvalue weighted by molar-refractivity contribution is -0.147. The Morgan fingerprint density at radius 1 is 1.41 bits per heavy atom. The van der Waals surface area contributed by atoms with Crippen molar-refractivity contribution in [1.29, 1.82) is 0 Å². The summed E-state index contributed by atoms with van der Waals surface area (Å²) in [5.74, 6) is -0.572. The number of carbonyl (C=O) groups excluding carboxylic acids is 1. The molecule has 1 aliphatic carbocycles. The molecule has 1 saturated heterocycles. The summed E-state index contributed by atoms with van der Waals surface area (Å²) in [6.07, 6.45) is 3.72. The minimum atomic E-state index is -1.34. The number of carbonyl (C=O) groups is 2. The zero-order valence-electron chi connectivity index (χ0n) is 16.1. The summed E-state index contributed by atoms with van der Waals surface area (Å²) in [5.41, 5.74) is 3.68. The minimum Gasteiger partial charge on any atom is -0.479 e. The molecule has 3 aliphatic rings. The quantitative estimate of drug-likeness (QED) is 0.773. The number of fused-ring (bicyclic) bond motifs is 2. The van der Waals surface area contributed by atoms with Crippen LogP contribution in [0.25, 0.3) is 0 Å². The summed E-state index contributed by atoms with van der Waals surface area (Å²) in [5, 5.41) is 18.7. The molecule has 0 aromatic carbocycles. The van der Waals surface area contributed by atoms with Crippen LogP contribution in [0.15, 0.2) is 6.07 Å². The van der Waals surface area contributed by atoms with Crippen LogP contribution in [-0.2, 0) is 27.3 Å². The SMILES string of the molecule is CC[C@H]1[C@@H]2OC(=O)[C@@H](C)[C@@H]2c2cc(CC[C@H](O)C(=O)O)n3c2[C@H]1CCCC3. The van der Waals surface area contributed by atoms with Crippen molar-refractivity contribution in [3.63, 3.8) is 0 Å². The predicted octanol–water partition coefficient (Wildman–Crippen LogP) is 2.82. The van der Waals surface area contributed by atoms with Gasteiger partial charge in [0.2, 0.25) is 0 Å². The smallest absolute Gasteiger partial charge is 0.332 e. The number of aliphatic carboxylic acids is 1. The summed E-state index contributed by atoms with van der Waals surface area (Å²) in [7, 11) is 0. The van der Waals surface area contributed by atoms with Crippen LogP contribution in [0.1, 0.15) is 74.7 Å². The molecule has 0 unspecified atom stereocenters. The third-order valence-electron chi connectivity index (χ3n) is 7.00. The molecule has 148 valence electrons. The van der Waals surface area contributed by atoms with Crippen LogP contribution in [0.4, 0.5) is 0 Å². The molecule has 0 amide bonds. The normalized spacial score (nSPS) is 33.0. The first-order chi connectivity index (χ1) is 12.9. The number of aliphatic hydroxyl groups excluding tert-OH is 1. The predicted molar refractivity (Wildman–Crippen MR) is 98.6 cm³/mol. The van der Waals surface area contributed by atoms with Crippen molar-refractivity contribution in [3.8, 4) is 0 Å². The lowest BCUT2D eigenvalue weighted by Crippen LogP contribution is -2.36. The molecule has 0 radical (unpaired) electrons. The first-order valence-corrected chi connectivity index (χ1v) is 10.3. The van der Waals surface area contributed by atoms with E-state index in [1.54, 1.807) is 0 Å². The molecule has 0 saturated carbocycles. The average molecular weight is 375 g/mol. The molecule has 0 spiro atoms. The summed E-state index contributed by atoms with van der Waals surface area (Å²) in [4.78, 5) is 23.3. The molecule has 0 bridgehead atoms. The Hall–Kier alpha value is -1.82. The fourth-order valence-electron chi connectivity index (χ4n) is 5.68. The first kappa shape index (κ1) is 18.5. The van der Waals surface area contributed by atoms with Crippen molar-refractivity contribution < 1.29 is 24.5 Å². The molecule has 27 heavy (non-hydrogen) atoms. The molecule has 6 nitrogen and oxygen atoms in total. The van der Waals surface area contributed by atoms with Gasteiger partial charge >= 0.3 is 11.9 Å². The monoisotopic (exact) mass is 375 g/mol. The second kappa shape index (κ2) is 6.97. The van der Waals surface area contributed by atoms with Crippen molar-refractivity contribution in [2.45, 2.75) is 83.0 Å². The maximum atomic E-state index is 12.3. The second-order valence-electron chi connectivity index (χ2n) is 8.41. The van der Waals surface area contributed by atoms with E-state index in [1.165, 1.54) is 11.3 Å². The average Bonchev–Trinajstić information content (AvgIpc) is 3.03. The van der Waals surface area contributed by atoms with E-state index >= 15 is 0 Å². The molecule has 1 fully saturated rings. The van der Waals surface area contributed by atoms with E-state index in [9.17, 15) is 14.7 Å². The van der Waals surface area contributed by atoms with Crippen LogP contribution in [0, 0.1) is 11.8 Å². The van der Waals surface area contributed by atoms with Gasteiger partial charge in [0.05, 0.1) is 5.92 Å². The van der Waals surface area contributed by atoms with Gasteiger partial charge in [-0.3, -0.25) is 4.79 Å². The van der Waals surface area contributed by atoms with E-state index in [0.29, 0.717) is 18.3 Å². The number of aromatic nitrogens is 1. The summed E-state index contributed by atoms with van der Waals surface area (Å²) >= 11 is 0. The lowest BCUT2D eigenvalue weighted by Gasteiger charge is -2.39. The molecule has 1 aromatic heterocycles. The molecule has 2 N–H and O–H groups in total. The van der Waals surface area contributed by atoms with E-state index < -0.39 is 12.1 Å². The fraction of sp³-hybridized carbons (Fsp3) is 0.714. The number of carboxylic acids is 1. The van der Waals surface area contributed by atoms with Crippen LogP contribution in [0.3, 0.4) is 0 Å². The van der Waals surface area contributed by atoms with E-state index in [1.807, 2.05) is 6.92 Å². The number of esters is 1. The molecule has 6 atom stereocenters. The van der Waals surface area contributed by atoms with Crippen LogP contribution in [-0.4, -0.2) is 38.9 Å². The highest BCUT2D eigenvalue weighted by atomic mass is 16.6. The van der Waals surface area contributed by atoms with E-state index in [-0.39, 0.29) is 30.3 Å². The number of ether oxygens (including phenoxy) is 1. The first-order valence-electron chi connectivity index (χ1n) is 10.3. The number of carboxylic acid groups (broad SMARTS) is 1. The Bertz CT molecular complexity index is 754. The standard InChI is InChI=1S/C21H29NO5/c1-3-13-14-6-4-5-9-22-12(7-8-16(23)20(24)25)10-15(18(14)22)17-11(2)21(26)27-19(13)17/h10-11,13-14,16-17,19,23H,3-9H2,1-2H3,(H,24,25)/t11-,13+,14-,16-,17+,19-/m0/s1. The Kier molecular flexibility index (Phi) is 4.78. The zero-order chi connectivity index (χ0) is 19.3. The van der Waals surface area contributed by atoms with E-state index in [0.717, 1.165) is 37.9 Å². The van der Waals surface area contributed by atoms with Gasteiger partial charge < -0.3 is 19.5 Å². The van der Waals surface area contributed by atoms with Gasteiger partial charge in [-0.2, -0.15) is 0 Å². The largest absolute Gasteiger partial charge is 0.479 e. The number of aryl methyl sites for hydroxylation is 1. The van der Waals surface area contributed by atoms with Gasteiger partial charge in [-0.1, -0.05) is 20.3 Å². The molecule has 1 aromatic rings. The second-order valence-corrected chi connectivity index (χ2v) is 8.41. The van der Waals surface area contributed by atoms with Crippen molar-refractivity contribution in [3.05, 3.63) is 23.0 Å². The summed E-state index contributed by atoms with van der Waals surface area (Å²) in [6, 6.07) is 2.17. The Balaban J connectivity index is 1.76. The highest BCUT2D eigenvalue weighted by Crippen LogP contribution is 2.54. The molecular weight excluding hydrogens is 346 g/mol. The van der Waals surface area contributed by atoms with Crippen molar-refractivity contribution in [2.24, 2.45) is 11.8 Å². The number of hydrogen-bond donors (Lipinski definition) is 2. The minimum absolute atomic E-state index is 0.0404. The third kappa shape index (κ3) is 2.89. The molecular formula is C21H29NO5. The number of aliphatic hydroxyl groups is 1. The van der Waals surface area contributed by atoms with Gasteiger partial charge in [-0.25, -0.2) is 4.79 Å². The maximum Gasteiger partial charge on any atom is 0.332 e. The number of hydrogen-bond acceptors (Lipinski definition) is 4. The van der Waals surface area contributed by atoms with Gasteiger partial charge in [0.25, 0.3) is 0 Å². The third-order valence-corrected chi connectivity index (χ3v) is 7.00. The van der Waals surface area contributed by atoms with E-state index in [2.05, 4.69) is 17.6 Å². The highest BCUT2D eigenvalue weighted by Gasteiger charge is 2.53. The number of nitrogens with zero attached hydrogens (tertiary/aromatic N) is 1. The Morgan fingerprint density at radius 2 is 2.19 bits per heavy atom. The van der Waals surface area contributed by atoms with Crippen molar-refractivity contribution >= 4 is 11.9 Å². The Labute approximate surface area is 159 Å². The van der Waals surface area contributed by atoms with Crippen molar-refractivity contribution in [1.82, 2.24) is 4.57 Å². The van der Waals surface area contributed by atoms with Gasteiger partial charge in [-0.15, -0.1) is 0 Å². The molecule has 6 heteroatoms. The van der Waals surface area contributed by atoms with Gasteiger partial charge in [-0.05, 0) is 43.7 Å². The van der Waals surface area contributed by atoms with Crippen LogP contribution in [0.2, 0.25) is 0 Å². The van der Waals surface area contributed by atoms with Gasteiger partial charge in [0.1, 0.15) is 6.10 Å². The molecule has 2 aliphatic heterocycles. The van der Waals surface area contributed by atoms with Crippen LogP contribution >= 0.6 is 0 Å². The summed E-state index contributed by atoms with van der Waals surface area (Å²) in [6.45, 7) is 5.09. The Morgan fingerprint density at radius 3 is 2.89 bits per heavy atom. The lowest BCUT2D eigenvalue weighted by atomic mass is 9.66.